The van der Waals surface area contributed by atoms with E-state index in [-0.39, 0.29) is 5.70 Å². The molecule has 0 unspecified atom stereocenters. The summed E-state index contributed by atoms with van der Waals surface area (Å²) in [5.41, 5.74) is 3.11. The third-order valence-electron chi connectivity index (χ3n) is 3.64. The molecule has 2 heterocycles. The Bertz CT molecular complexity index is 1060. The molecular formula is C18H9N5S. The minimum absolute atomic E-state index is 0.0250. The van der Waals surface area contributed by atoms with Gasteiger partial charge in [0, 0.05) is 5.56 Å². The van der Waals surface area contributed by atoms with E-state index in [0.717, 1.165) is 21.3 Å². The van der Waals surface area contributed by atoms with Gasteiger partial charge in [-0.05, 0) is 17.7 Å². The van der Waals surface area contributed by atoms with Crippen molar-refractivity contribution in [3.8, 4) is 6.07 Å². The molecule has 4 rings (SSSR count). The summed E-state index contributed by atoms with van der Waals surface area (Å²) in [5.74, 6) is 0.607. The van der Waals surface area contributed by atoms with E-state index < -0.39 is 0 Å². The molecule has 0 bridgehead atoms. The third kappa shape index (κ3) is 2.23. The van der Waals surface area contributed by atoms with Crippen LogP contribution >= 0.6 is 11.3 Å². The largest absolute Gasteiger partial charge is 0.348 e. The number of fused-ring (bicyclic) bond motifs is 2. The predicted octanol–water partition coefficient (Wildman–Crippen LogP) is 4.09. The Morgan fingerprint density at radius 3 is 2.67 bits per heavy atom. The van der Waals surface area contributed by atoms with Crippen molar-refractivity contribution in [2.75, 3.05) is 0 Å². The molecule has 1 aliphatic heterocycles. The summed E-state index contributed by atoms with van der Waals surface area (Å²) < 4.78 is 1.07. The summed E-state index contributed by atoms with van der Waals surface area (Å²) in [5, 5.41) is 12.9. The van der Waals surface area contributed by atoms with Gasteiger partial charge >= 0.3 is 0 Å². The van der Waals surface area contributed by atoms with Gasteiger partial charge in [-0.25, -0.2) is 20.1 Å². The second-order valence-electron chi connectivity index (χ2n) is 5.04. The number of nitriles is 1. The lowest BCUT2D eigenvalue weighted by Crippen LogP contribution is -2.14. The first-order valence-corrected chi connectivity index (χ1v) is 7.94. The molecule has 1 N–H and O–H groups in total. The average molecular weight is 327 g/mol. The molecule has 1 aromatic heterocycles. The predicted molar refractivity (Wildman–Crippen MR) is 94.5 cm³/mol. The lowest BCUT2D eigenvalue weighted by atomic mass is 10.1. The molecule has 0 spiro atoms. The molecule has 112 valence electrons. The molecule has 3 aromatic rings. The lowest BCUT2D eigenvalue weighted by Gasteiger charge is -1.99. The zero-order chi connectivity index (χ0) is 16.5. The molecule has 6 heteroatoms. The second-order valence-corrected chi connectivity index (χ2v) is 6.05. The number of hydrogen-bond acceptors (Lipinski definition) is 4. The maximum Gasteiger partial charge on any atom is 0.285 e. The van der Waals surface area contributed by atoms with E-state index in [1.54, 1.807) is 0 Å². The van der Waals surface area contributed by atoms with Gasteiger partial charge in [0.1, 0.15) is 5.84 Å². The number of amidine groups is 1. The molecule has 0 saturated carbocycles. The van der Waals surface area contributed by atoms with Crippen molar-refractivity contribution in [3.63, 3.8) is 0 Å². The van der Waals surface area contributed by atoms with Crippen molar-refractivity contribution in [1.29, 1.82) is 5.26 Å². The van der Waals surface area contributed by atoms with Gasteiger partial charge in [-0.15, -0.1) is 0 Å². The van der Waals surface area contributed by atoms with Crippen LogP contribution in [0.1, 0.15) is 11.1 Å². The minimum atomic E-state index is 0.0250. The summed E-state index contributed by atoms with van der Waals surface area (Å²) in [6.07, 6.45) is 0. The first-order chi connectivity index (χ1) is 11.8. The Labute approximate surface area is 142 Å². The fourth-order valence-electron chi connectivity index (χ4n) is 2.58. The number of aliphatic imine (C=N–C) groups is 1. The summed E-state index contributed by atoms with van der Waals surface area (Å²) in [6.45, 7) is 7.18. The molecular weight excluding hydrogens is 318 g/mol. The van der Waals surface area contributed by atoms with Crippen molar-refractivity contribution in [3.05, 3.63) is 76.8 Å². The average Bonchev–Trinajstić information content (AvgIpc) is 3.18. The molecule has 2 aromatic carbocycles. The van der Waals surface area contributed by atoms with Gasteiger partial charge in [0.05, 0.1) is 28.6 Å². The van der Waals surface area contributed by atoms with Crippen LogP contribution in [0.25, 0.3) is 20.8 Å². The van der Waals surface area contributed by atoms with Crippen LogP contribution in [-0.4, -0.2) is 10.8 Å². The van der Waals surface area contributed by atoms with Crippen LogP contribution < -0.4 is 5.32 Å². The summed E-state index contributed by atoms with van der Waals surface area (Å²) in [6, 6.07) is 17.4. The number of para-hydroxylation sites is 1. The zero-order valence-electron chi connectivity index (χ0n) is 12.3. The lowest BCUT2D eigenvalue weighted by molar-refractivity contribution is 1.30. The molecule has 5 nitrogen and oxygen atoms in total. The molecule has 0 aliphatic carbocycles. The fraction of sp³-hybridized carbons (Fsp3) is 0. The zero-order valence-corrected chi connectivity index (χ0v) is 13.1. The number of thiazole rings is 1. The van der Waals surface area contributed by atoms with E-state index in [4.69, 9.17) is 6.57 Å². The van der Waals surface area contributed by atoms with Gasteiger partial charge in [-0.2, -0.15) is 0 Å². The molecule has 0 saturated heterocycles. The van der Waals surface area contributed by atoms with Gasteiger partial charge in [0.2, 0.25) is 5.13 Å². The SMILES string of the molecule is [C-]#[N+]/C(C#N)=C1/N/C(=N\c2nc3ccccc3s2)c2ccccc21. The number of allylic oxidation sites excluding steroid dienone is 1. The molecule has 0 atom stereocenters. The highest BCUT2D eigenvalue weighted by atomic mass is 32.1. The van der Waals surface area contributed by atoms with Crippen LogP contribution in [0.3, 0.4) is 0 Å². The topological polar surface area (TPSA) is 65.4 Å². The van der Waals surface area contributed by atoms with Crippen LogP contribution in [0.15, 0.2) is 59.2 Å². The van der Waals surface area contributed by atoms with Crippen molar-refractivity contribution < 1.29 is 0 Å². The van der Waals surface area contributed by atoms with Crippen LogP contribution in [0.4, 0.5) is 5.13 Å². The Balaban J connectivity index is 1.87. The molecule has 0 fully saturated rings. The number of rotatable bonds is 1. The van der Waals surface area contributed by atoms with Crippen molar-refractivity contribution in [2.45, 2.75) is 0 Å². The van der Waals surface area contributed by atoms with E-state index in [9.17, 15) is 5.26 Å². The van der Waals surface area contributed by atoms with E-state index >= 15 is 0 Å². The second kappa shape index (κ2) is 5.62. The van der Waals surface area contributed by atoms with Crippen molar-refractivity contribution in [1.82, 2.24) is 10.3 Å². The minimum Gasteiger partial charge on any atom is -0.348 e. The number of nitrogens with zero attached hydrogens (tertiary/aromatic N) is 4. The molecule has 1 aliphatic rings. The monoisotopic (exact) mass is 327 g/mol. The van der Waals surface area contributed by atoms with Gasteiger partial charge in [0.15, 0.2) is 0 Å². The Hall–Kier alpha value is -3.48. The van der Waals surface area contributed by atoms with Crippen molar-refractivity contribution in [2.24, 2.45) is 4.99 Å². The first kappa shape index (κ1) is 14.1. The Morgan fingerprint density at radius 1 is 1.17 bits per heavy atom. The van der Waals surface area contributed by atoms with E-state index in [0.29, 0.717) is 16.7 Å². The standard InChI is InChI=1S/C18H9N5S/c1-20-14(10-19)16-11-6-2-3-7-12(11)17(22-16)23-18-21-13-8-4-5-9-15(13)24-18/h2-9H,(H,21,22,23)/b16-14+. The summed E-state index contributed by atoms with van der Waals surface area (Å²) >= 11 is 1.50. The maximum absolute atomic E-state index is 9.17. The maximum atomic E-state index is 9.17. The van der Waals surface area contributed by atoms with E-state index in [1.807, 2.05) is 54.6 Å². The van der Waals surface area contributed by atoms with Crippen LogP contribution in [0.5, 0.6) is 0 Å². The van der Waals surface area contributed by atoms with Crippen LogP contribution in [0.2, 0.25) is 0 Å². The van der Waals surface area contributed by atoms with Crippen molar-refractivity contribution >= 4 is 38.2 Å². The molecule has 0 radical (unpaired) electrons. The number of aromatic nitrogens is 1. The highest BCUT2D eigenvalue weighted by Crippen LogP contribution is 2.32. The smallest absolute Gasteiger partial charge is 0.285 e. The third-order valence-corrected chi connectivity index (χ3v) is 4.57. The van der Waals surface area contributed by atoms with E-state index in [1.165, 1.54) is 11.3 Å². The summed E-state index contributed by atoms with van der Waals surface area (Å²) in [4.78, 5) is 12.4. The number of hydrogen-bond donors (Lipinski definition) is 1. The van der Waals surface area contributed by atoms with Gasteiger partial charge in [-0.1, -0.05) is 47.7 Å². The molecule has 0 amide bonds. The Morgan fingerprint density at radius 2 is 1.92 bits per heavy atom. The van der Waals surface area contributed by atoms with Gasteiger partial charge in [0.25, 0.3) is 5.70 Å². The van der Waals surface area contributed by atoms with Crippen LogP contribution in [-0.2, 0) is 0 Å². The summed E-state index contributed by atoms with van der Waals surface area (Å²) in [7, 11) is 0. The number of benzene rings is 2. The van der Waals surface area contributed by atoms with Crippen LogP contribution in [0, 0.1) is 17.9 Å². The highest BCUT2D eigenvalue weighted by molar-refractivity contribution is 7.22. The quantitative estimate of drug-likeness (QED) is 0.541. The van der Waals surface area contributed by atoms with Gasteiger partial charge in [-0.3, -0.25) is 0 Å². The first-order valence-electron chi connectivity index (χ1n) is 7.13. The normalized spacial score (nSPS) is 16.3. The number of nitrogens with one attached hydrogen (secondary N) is 1. The fourth-order valence-corrected chi connectivity index (χ4v) is 3.42. The highest BCUT2D eigenvalue weighted by Gasteiger charge is 2.25. The van der Waals surface area contributed by atoms with E-state index in [2.05, 4.69) is 20.1 Å². The Kier molecular flexibility index (Phi) is 3.31. The van der Waals surface area contributed by atoms with Gasteiger partial charge < -0.3 is 5.32 Å². The molecule has 24 heavy (non-hydrogen) atoms.